The van der Waals surface area contributed by atoms with Gasteiger partial charge in [0.15, 0.2) is 0 Å². The van der Waals surface area contributed by atoms with Gasteiger partial charge < -0.3 is 4.74 Å². The van der Waals surface area contributed by atoms with Gasteiger partial charge in [-0.2, -0.15) is 0 Å². The van der Waals surface area contributed by atoms with E-state index in [1.165, 1.54) is 44.1 Å². The van der Waals surface area contributed by atoms with Gasteiger partial charge in [0.2, 0.25) is 0 Å². The molecule has 2 aliphatic heterocycles. The summed E-state index contributed by atoms with van der Waals surface area (Å²) in [6, 6.07) is 11.4. The average molecular weight is 243 g/mol. The fourth-order valence-corrected chi connectivity index (χ4v) is 4.18. The van der Waals surface area contributed by atoms with Gasteiger partial charge >= 0.3 is 0 Å². The maximum absolute atomic E-state index is 6.08. The highest BCUT2D eigenvalue weighted by molar-refractivity contribution is 5.22. The Kier molecular flexibility index (Phi) is 2.49. The lowest BCUT2D eigenvalue weighted by Gasteiger charge is -2.55. The van der Waals surface area contributed by atoms with Crippen molar-refractivity contribution in [2.75, 3.05) is 6.61 Å². The highest BCUT2D eigenvalue weighted by atomic mass is 16.5. The summed E-state index contributed by atoms with van der Waals surface area (Å²) in [4.78, 5) is 2.73. The van der Waals surface area contributed by atoms with Crippen LogP contribution < -0.4 is 0 Å². The number of benzene rings is 1. The minimum absolute atomic E-state index is 0.393. The summed E-state index contributed by atoms with van der Waals surface area (Å²) >= 11 is 0. The Balaban J connectivity index is 1.68. The lowest BCUT2D eigenvalue weighted by atomic mass is 9.69. The monoisotopic (exact) mass is 243 g/mol. The van der Waals surface area contributed by atoms with Gasteiger partial charge in [0.05, 0.1) is 12.6 Å². The number of piperidine rings is 1. The van der Waals surface area contributed by atoms with Gasteiger partial charge in [0.1, 0.15) is 6.23 Å². The van der Waals surface area contributed by atoms with E-state index >= 15 is 0 Å². The van der Waals surface area contributed by atoms with Crippen LogP contribution in [0.25, 0.3) is 0 Å². The second kappa shape index (κ2) is 4.07. The van der Waals surface area contributed by atoms with Crippen LogP contribution in [0.2, 0.25) is 0 Å². The molecule has 0 N–H and O–H groups in total. The molecule has 1 saturated carbocycles. The van der Waals surface area contributed by atoms with E-state index in [0.717, 1.165) is 6.61 Å². The van der Waals surface area contributed by atoms with Crippen LogP contribution in [0.4, 0.5) is 0 Å². The predicted octanol–water partition coefficient (Wildman–Crippen LogP) is 3.49. The minimum Gasteiger partial charge on any atom is -0.361 e. The molecular weight excluding hydrogens is 222 g/mol. The molecule has 18 heavy (non-hydrogen) atoms. The molecule has 1 spiro atoms. The molecule has 2 heteroatoms. The van der Waals surface area contributed by atoms with Crippen molar-refractivity contribution in [3.63, 3.8) is 0 Å². The van der Waals surface area contributed by atoms with Crippen molar-refractivity contribution in [2.24, 2.45) is 0 Å². The molecule has 1 aliphatic carbocycles. The number of hydrogen-bond donors (Lipinski definition) is 0. The van der Waals surface area contributed by atoms with E-state index in [0.29, 0.717) is 17.8 Å². The van der Waals surface area contributed by atoms with Crippen LogP contribution in [-0.4, -0.2) is 23.3 Å². The van der Waals surface area contributed by atoms with Crippen LogP contribution >= 0.6 is 0 Å². The van der Waals surface area contributed by atoms with Gasteiger partial charge in [0, 0.05) is 5.54 Å². The first-order valence-corrected chi connectivity index (χ1v) is 7.34. The van der Waals surface area contributed by atoms with Crippen molar-refractivity contribution in [3.8, 4) is 0 Å². The summed E-state index contributed by atoms with van der Waals surface area (Å²) in [5.41, 5.74) is 1.92. The minimum atomic E-state index is 0.393. The highest BCUT2D eigenvalue weighted by Crippen LogP contribution is 2.52. The maximum atomic E-state index is 6.08. The van der Waals surface area contributed by atoms with Gasteiger partial charge in [-0.05, 0) is 44.1 Å². The van der Waals surface area contributed by atoms with Crippen LogP contribution in [0.3, 0.4) is 0 Å². The van der Waals surface area contributed by atoms with Crippen molar-refractivity contribution in [3.05, 3.63) is 35.9 Å². The Morgan fingerprint density at radius 1 is 1.06 bits per heavy atom. The quantitative estimate of drug-likeness (QED) is 0.748. The maximum Gasteiger partial charge on any atom is 0.111 e. The van der Waals surface area contributed by atoms with Gasteiger partial charge in [-0.1, -0.05) is 30.3 Å². The van der Waals surface area contributed by atoms with Crippen molar-refractivity contribution in [2.45, 2.75) is 56.3 Å². The van der Waals surface area contributed by atoms with E-state index in [4.69, 9.17) is 4.74 Å². The summed E-state index contributed by atoms with van der Waals surface area (Å²) < 4.78 is 6.08. The molecule has 0 aromatic heterocycles. The van der Waals surface area contributed by atoms with E-state index in [9.17, 15) is 0 Å². The first kappa shape index (κ1) is 11.0. The highest BCUT2D eigenvalue weighted by Gasteiger charge is 2.53. The first-order chi connectivity index (χ1) is 8.89. The summed E-state index contributed by atoms with van der Waals surface area (Å²) in [6.07, 6.45) is 8.53. The van der Waals surface area contributed by atoms with Crippen LogP contribution in [0.15, 0.2) is 30.3 Å². The Morgan fingerprint density at radius 2 is 1.83 bits per heavy atom. The normalized spacial score (nSPS) is 34.2. The second-order valence-electron chi connectivity index (χ2n) is 6.09. The first-order valence-electron chi connectivity index (χ1n) is 7.34. The van der Waals surface area contributed by atoms with E-state index in [-0.39, 0.29) is 0 Å². The van der Waals surface area contributed by atoms with Crippen molar-refractivity contribution in [1.82, 2.24) is 4.90 Å². The predicted molar refractivity (Wildman–Crippen MR) is 71.2 cm³/mol. The molecule has 1 unspecified atom stereocenters. The number of hydrogen-bond acceptors (Lipinski definition) is 2. The second-order valence-corrected chi connectivity index (χ2v) is 6.09. The molecule has 2 heterocycles. The fraction of sp³-hybridized carbons (Fsp3) is 0.625. The lowest BCUT2D eigenvalue weighted by molar-refractivity contribution is -0.108. The van der Waals surface area contributed by atoms with Crippen molar-refractivity contribution >= 4 is 0 Å². The number of nitrogens with zero attached hydrogens (tertiary/aromatic N) is 1. The fourth-order valence-electron chi connectivity index (χ4n) is 4.18. The van der Waals surface area contributed by atoms with Crippen LogP contribution in [-0.2, 0) is 4.74 Å². The number of ether oxygens (including phenoxy) is 1. The zero-order valence-corrected chi connectivity index (χ0v) is 10.8. The standard InChI is InChI=1S/C16H21NO/c1-2-6-13(7-3-1)14-12-18-15-8-4-9-16(17(14)15)10-5-11-16/h1-3,6-7,14-15H,4-5,8-12H2/t14-,15?/m0/s1. The summed E-state index contributed by atoms with van der Waals surface area (Å²) in [5, 5.41) is 0. The molecule has 2 atom stereocenters. The Bertz CT molecular complexity index is 426. The van der Waals surface area contributed by atoms with E-state index < -0.39 is 0 Å². The van der Waals surface area contributed by atoms with E-state index in [1.807, 2.05) is 0 Å². The molecule has 0 bridgehead atoms. The average Bonchev–Trinajstić information content (AvgIpc) is 2.82. The summed E-state index contributed by atoms with van der Waals surface area (Å²) in [6.45, 7) is 0.885. The summed E-state index contributed by atoms with van der Waals surface area (Å²) in [5.74, 6) is 0. The molecular formula is C16H21NO. The number of rotatable bonds is 1. The molecule has 3 fully saturated rings. The van der Waals surface area contributed by atoms with E-state index in [2.05, 4.69) is 35.2 Å². The zero-order valence-electron chi connectivity index (χ0n) is 10.8. The van der Waals surface area contributed by atoms with E-state index in [1.54, 1.807) is 0 Å². The molecule has 2 saturated heterocycles. The van der Waals surface area contributed by atoms with Gasteiger partial charge in [-0.25, -0.2) is 0 Å². The molecule has 0 radical (unpaired) electrons. The third kappa shape index (κ3) is 1.49. The Morgan fingerprint density at radius 3 is 2.56 bits per heavy atom. The zero-order chi connectivity index (χ0) is 12.0. The third-order valence-electron chi connectivity index (χ3n) is 5.20. The molecule has 4 rings (SSSR count). The Labute approximate surface area is 109 Å². The van der Waals surface area contributed by atoms with Crippen LogP contribution in [0.5, 0.6) is 0 Å². The molecule has 0 amide bonds. The molecule has 1 aromatic rings. The topological polar surface area (TPSA) is 12.5 Å². The van der Waals surface area contributed by atoms with Gasteiger partial charge in [-0.15, -0.1) is 0 Å². The Hall–Kier alpha value is -0.860. The largest absolute Gasteiger partial charge is 0.361 e. The number of fused-ring (bicyclic) bond motifs is 2. The third-order valence-corrected chi connectivity index (χ3v) is 5.20. The van der Waals surface area contributed by atoms with Crippen molar-refractivity contribution < 1.29 is 4.74 Å². The van der Waals surface area contributed by atoms with Crippen molar-refractivity contribution in [1.29, 1.82) is 0 Å². The lowest BCUT2D eigenvalue weighted by Crippen LogP contribution is -2.58. The SMILES string of the molecule is c1ccc([C@@H]2COC3CCCC4(CCC4)N32)cc1. The summed E-state index contributed by atoms with van der Waals surface area (Å²) in [7, 11) is 0. The van der Waals surface area contributed by atoms with Gasteiger partial charge in [-0.3, -0.25) is 4.90 Å². The molecule has 96 valence electrons. The van der Waals surface area contributed by atoms with Crippen LogP contribution in [0.1, 0.15) is 50.1 Å². The smallest absolute Gasteiger partial charge is 0.111 e. The van der Waals surface area contributed by atoms with Crippen LogP contribution in [0, 0.1) is 0 Å². The molecule has 1 aromatic carbocycles. The molecule has 3 aliphatic rings. The van der Waals surface area contributed by atoms with Gasteiger partial charge in [0.25, 0.3) is 0 Å². The molecule has 2 nitrogen and oxygen atoms in total.